The molecule has 0 spiro atoms. The third-order valence-corrected chi connectivity index (χ3v) is 3.55. The van der Waals surface area contributed by atoms with E-state index in [4.69, 9.17) is 0 Å². The number of rotatable bonds is 6. The number of anilines is 2. The van der Waals surface area contributed by atoms with Crippen molar-refractivity contribution in [3.63, 3.8) is 0 Å². The molecule has 10 heteroatoms. The molecule has 0 aliphatic heterocycles. The molecule has 0 aliphatic rings. The zero-order valence-corrected chi connectivity index (χ0v) is 14.3. The van der Waals surface area contributed by atoms with Crippen molar-refractivity contribution < 1.29 is 31.1 Å². The minimum absolute atomic E-state index is 0.0136. The summed E-state index contributed by atoms with van der Waals surface area (Å²) in [5.74, 6) is -0.495. The Morgan fingerprint density at radius 3 is 2.31 bits per heavy atom. The molecule has 140 valence electrons. The van der Waals surface area contributed by atoms with Gasteiger partial charge in [0.1, 0.15) is 5.75 Å². The lowest BCUT2D eigenvalue weighted by Gasteiger charge is -2.10. The summed E-state index contributed by atoms with van der Waals surface area (Å²) in [5.41, 5.74) is 0.780. The van der Waals surface area contributed by atoms with E-state index in [1.165, 1.54) is 48.5 Å². The lowest BCUT2D eigenvalue weighted by molar-refractivity contribution is -0.153. The van der Waals surface area contributed by atoms with Crippen molar-refractivity contribution in [2.75, 3.05) is 22.9 Å². The number of sulfonamides is 1. The first-order chi connectivity index (χ1) is 12.0. The fraction of sp³-hybridized carbons (Fsp3) is 0.188. The van der Waals surface area contributed by atoms with E-state index < -0.39 is 28.7 Å². The summed E-state index contributed by atoms with van der Waals surface area (Å²) in [4.78, 5) is 12.2. The van der Waals surface area contributed by atoms with Gasteiger partial charge in [0.05, 0.1) is 6.26 Å². The molecule has 0 saturated carbocycles. The SMILES string of the molecule is CS(=O)(=O)Nc1cccc(C(=O)Nc2ccc(OCC(F)(F)F)cc2)c1. The second-order valence-corrected chi connectivity index (χ2v) is 7.09. The van der Waals surface area contributed by atoms with Gasteiger partial charge in [0, 0.05) is 16.9 Å². The molecule has 0 heterocycles. The van der Waals surface area contributed by atoms with E-state index in [2.05, 4.69) is 14.8 Å². The van der Waals surface area contributed by atoms with Gasteiger partial charge < -0.3 is 10.1 Å². The molecule has 0 aromatic heterocycles. The maximum atomic E-state index is 12.2. The molecule has 2 rings (SSSR count). The molecule has 0 atom stereocenters. The molecule has 0 radical (unpaired) electrons. The molecule has 1 amide bonds. The highest BCUT2D eigenvalue weighted by Gasteiger charge is 2.28. The van der Waals surface area contributed by atoms with Crippen LogP contribution in [-0.4, -0.2) is 33.4 Å². The molecular weight excluding hydrogens is 373 g/mol. The highest BCUT2D eigenvalue weighted by Crippen LogP contribution is 2.21. The first-order valence-corrected chi connectivity index (χ1v) is 9.10. The average molecular weight is 388 g/mol. The lowest BCUT2D eigenvalue weighted by Crippen LogP contribution is -2.19. The predicted molar refractivity (Wildman–Crippen MR) is 90.9 cm³/mol. The van der Waals surface area contributed by atoms with Crippen molar-refractivity contribution in [3.8, 4) is 5.75 Å². The van der Waals surface area contributed by atoms with Crippen LogP contribution in [0.2, 0.25) is 0 Å². The predicted octanol–water partition coefficient (Wildman–Crippen LogP) is 3.25. The van der Waals surface area contributed by atoms with Gasteiger partial charge in [-0.15, -0.1) is 0 Å². The van der Waals surface area contributed by atoms with Crippen LogP contribution < -0.4 is 14.8 Å². The molecule has 0 unspecified atom stereocenters. The zero-order chi connectivity index (χ0) is 19.4. The number of benzene rings is 2. The van der Waals surface area contributed by atoms with E-state index >= 15 is 0 Å². The minimum atomic E-state index is -4.43. The van der Waals surface area contributed by atoms with Crippen LogP contribution in [0.1, 0.15) is 10.4 Å². The van der Waals surface area contributed by atoms with Gasteiger partial charge in [-0.25, -0.2) is 8.42 Å². The Kier molecular flexibility index (Phi) is 5.76. The Hall–Kier alpha value is -2.75. The first kappa shape index (κ1) is 19.6. The van der Waals surface area contributed by atoms with Crippen molar-refractivity contribution in [1.82, 2.24) is 0 Å². The van der Waals surface area contributed by atoms with Gasteiger partial charge in [0.2, 0.25) is 10.0 Å². The van der Waals surface area contributed by atoms with E-state index in [-0.39, 0.29) is 17.0 Å². The smallest absolute Gasteiger partial charge is 0.422 e. The van der Waals surface area contributed by atoms with E-state index in [0.29, 0.717) is 5.69 Å². The minimum Gasteiger partial charge on any atom is -0.484 e. The van der Waals surface area contributed by atoms with Crippen LogP contribution in [0.4, 0.5) is 24.5 Å². The first-order valence-electron chi connectivity index (χ1n) is 7.21. The number of carbonyl (C=O) groups excluding carboxylic acids is 1. The molecule has 6 nitrogen and oxygen atoms in total. The molecule has 2 aromatic carbocycles. The highest BCUT2D eigenvalue weighted by molar-refractivity contribution is 7.92. The van der Waals surface area contributed by atoms with Crippen LogP contribution >= 0.6 is 0 Å². The second kappa shape index (κ2) is 7.65. The monoisotopic (exact) mass is 388 g/mol. The molecule has 0 saturated heterocycles. The number of ether oxygens (including phenoxy) is 1. The van der Waals surface area contributed by atoms with E-state index in [1.54, 1.807) is 0 Å². The summed E-state index contributed by atoms with van der Waals surface area (Å²) in [7, 11) is -3.48. The fourth-order valence-corrected chi connectivity index (χ4v) is 2.50. The Bertz CT molecular complexity index is 881. The summed E-state index contributed by atoms with van der Waals surface area (Å²) in [6.45, 7) is -1.40. The van der Waals surface area contributed by atoms with Crippen LogP contribution in [0.3, 0.4) is 0 Å². The van der Waals surface area contributed by atoms with Crippen LogP contribution in [0, 0.1) is 0 Å². The van der Waals surface area contributed by atoms with Crippen molar-refractivity contribution in [2.45, 2.75) is 6.18 Å². The molecule has 2 aromatic rings. The normalized spacial score (nSPS) is 11.7. The van der Waals surface area contributed by atoms with Crippen LogP contribution in [0.25, 0.3) is 0 Å². The third kappa shape index (κ3) is 6.63. The Labute approximate surface area is 148 Å². The number of carbonyl (C=O) groups is 1. The van der Waals surface area contributed by atoms with Gasteiger partial charge in [-0.2, -0.15) is 13.2 Å². The Balaban J connectivity index is 2.02. The topological polar surface area (TPSA) is 84.5 Å². The van der Waals surface area contributed by atoms with E-state index in [0.717, 1.165) is 6.26 Å². The number of nitrogens with one attached hydrogen (secondary N) is 2. The van der Waals surface area contributed by atoms with Crippen molar-refractivity contribution >= 4 is 27.3 Å². The molecule has 26 heavy (non-hydrogen) atoms. The largest absolute Gasteiger partial charge is 0.484 e. The quantitative estimate of drug-likeness (QED) is 0.796. The number of hydrogen-bond acceptors (Lipinski definition) is 4. The average Bonchev–Trinajstić information content (AvgIpc) is 2.52. The van der Waals surface area contributed by atoms with Gasteiger partial charge in [-0.1, -0.05) is 6.07 Å². The van der Waals surface area contributed by atoms with Crippen molar-refractivity contribution in [1.29, 1.82) is 0 Å². The van der Waals surface area contributed by atoms with E-state index in [1.807, 2.05) is 0 Å². The van der Waals surface area contributed by atoms with E-state index in [9.17, 15) is 26.4 Å². The Morgan fingerprint density at radius 2 is 1.73 bits per heavy atom. The summed E-state index contributed by atoms with van der Waals surface area (Å²) in [5, 5.41) is 2.55. The maximum Gasteiger partial charge on any atom is 0.422 e. The summed E-state index contributed by atoms with van der Waals surface area (Å²) in [6, 6.07) is 11.2. The lowest BCUT2D eigenvalue weighted by atomic mass is 10.2. The molecule has 2 N–H and O–H groups in total. The summed E-state index contributed by atoms with van der Waals surface area (Å²) in [6.07, 6.45) is -3.44. The van der Waals surface area contributed by atoms with Gasteiger partial charge in [-0.3, -0.25) is 9.52 Å². The van der Waals surface area contributed by atoms with Crippen molar-refractivity contribution in [3.05, 3.63) is 54.1 Å². The number of hydrogen-bond donors (Lipinski definition) is 2. The van der Waals surface area contributed by atoms with Crippen molar-refractivity contribution in [2.24, 2.45) is 0 Å². The second-order valence-electron chi connectivity index (χ2n) is 5.34. The van der Waals surface area contributed by atoms with Gasteiger partial charge in [0.25, 0.3) is 5.91 Å². The fourth-order valence-electron chi connectivity index (χ4n) is 1.94. The van der Waals surface area contributed by atoms with Crippen LogP contribution in [0.15, 0.2) is 48.5 Å². The van der Waals surface area contributed by atoms with Crippen LogP contribution in [-0.2, 0) is 10.0 Å². The van der Waals surface area contributed by atoms with Gasteiger partial charge >= 0.3 is 6.18 Å². The summed E-state index contributed by atoms with van der Waals surface area (Å²) >= 11 is 0. The molecule has 0 aliphatic carbocycles. The number of alkyl halides is 3. The Morgan fingerprint density at radius 1 is 1.08 bits per heavy atom. The van der Waals surface area contributed by atoms with Crippen LogP contribution in [0.5, 0.6) is 5.75 Å². The van der Waals surface area contributed by atoms with Gasteiger partial charge in [0.15, 0.2) is 6.61 Å². The molecule has 0 bridgehead atoms. The zero-order valence-electron chi connectivity index (χ0n) is 13.5. The third-order valence-electron chi connectivity index (χ3n) is 2.94. The van der Waals surface area contributed by atoms with Gasteiger partial charge in [-0.05, 0) is 42.5 Å². The number of amides is 1. The highest BCUT2D eigenvalue weighted by atomic mass is 32.2. The molecule has 0 fully saturated rings. The number of halogens is 3. The standard InChI is InChI=1S/C16H15F3N2O4S/c1-26(23,24)21-13-4-2-3-11(9-13)15(22)20-12-5-7-14(8-6-12)25-10-16(17,18)19/h2-9,21H,10H2,1H3,(H,20,22). The maximum absolute atomic E-state index is 12.2. The summed E-state index contributed by atoms with van der Waals surface area (Å²) < 4.78 is 65.6. The molecular formula is C16H15F3N2O4S.